The zero-order chi connectivity index (χ0) is 15.2. The molecule has 3 rings (SSSR count). The van der Waals surface area contributed by atoms with Gasteiger partial charge in [0.25, 0.3) is 0 Å². The molecule has 0 atom stereocenters. The van der Waals surface area contributed by atoms with E-state index in [0.717, 1.165) is 21.0 Å². The Balaban J connectivity index is 1.42. The highest BCUT2D eigenvalue weighted by molar-refractivity contribution is 7.22. The van der Waals surface area contributed by atoms with Crippen molar-refractivity contribution in [1.29, 1.82) is 0 Å². The maximum Gasteiger partial charge on any atom is 0.319 e. The maximum atomic E-state index is 11.7. The Labute approximate surface area is 132 Å². The summed E-state index contributed by atoms with van der Waals surface area (Å²) in [5.41, 5.74) is 1.77. The molecule has 0 bridgehead atoms. The number of urea groups is 1. The lowest BCUT2D eigenvalue weighted by Crippen LogP contribution is -2.32. The van der Waals surface area contributed by atoms with Crippen LogP contribution in [0.2, 0.25) is 0 Å². The number of carbonyl (C=O) groups excluding carboxylic acids is 1. The minimum Gasteiger partial charge on any atom is -0.360 e. The number of aromatic nitrogens is 1. The van der Waals surface area contributed by atoms with Gasteiger partial charge in [0.1, 0.15) is 0 Å². The summed E-state index contributed by atoms with van der Waals surface area (Å²) in [5.74, 6) is 0. The van der Waals surface area contributed by atoms with Gasteiger partial charge in [0.05, 0.1) is 10.2 Å². The molecule has 112 valence electrons. The maximum absolute atomic E-state index is 11.7. The molecular weight excluding hydrogens is 296 g/mol. The van der Waals surface area contributed by atoms with Crippen molar-refractivity contribution in [3.8, 4) is 0 Å². The van der Waals surface area contributed by atoms with E-state index in [9.17, 15) is 4.79 Å². The summed E-state index contributed by atoms with van der Waals surface area (Å²) in [5, 5.41) is 9.66. The third-order valence-corrected chi connectivity index (χ3v) is 4.01. The molecule has 3 N–H and O–H groups in total. The molecule has 0 spiro atoms. The van der Waals surface area contributed by atoms with E-state index in [1.54, 1.807) is 11.3 Å². The van der Waals surface area contributed by atoms with Crippen LogP contribution in [0.3, 0.4) is 0 Å². The van der Waals surface area contributed by atoms with Crippen molar-refractivity contribution >= 4 is 38.4 Å². The summed E-state index contributed by atoms with van der Waals surface area (Å²) < 4.78 is 1.15. The van der Waals surface area contributed by atoms with Gasteiger partial charge in [-0.1, -0.05) is 41.7 Å². The van der Waals surface area contributed by atoms with Crippen molar-refractivity contribution in [3.05, 3.63) is 54.6 Å². The number of hydrogen-bond donors (Lipinski definition) is 3. The number of nitrogens with one attached hydrogen (secondary N) is 3. The molecule has 0 aliphatic carbocycles. The number of fused-ring (bicyclic) bond motifs is 1. The highest BCUT2D eigenvalue weighted by atomic mass is 32.1. The Morgan fingerprint density at radius 3 is 2.59 bits per heavy atom. The number of hydrogen-bond acceptors (Lipinski definition) is 4. The van der Waals surface area contributed by atoms with Crippen molar-refractivity contribution < 1.29 is 4.79 Å². The minimum atomic E-state index is -0.211. The molecule has 5 nitrogen and oxygen atoms in total. The summed E-state index contributed by atoms with van der Waals surface area (Å²) in [4.78, 5) is 16.2. The zero-order valence-electron chi connectivity index (χ0n) is 11.9. The van der Waals surface area contributed by atoms with E-state index in [-0.39, 0.29) is 6.03 Å². The van der Waals surface area contributed by atoms with Gasteiger partial charge in [0, 0.05) is 18.8 Å². The number of benzene rings is 2. The Hall–Kier alpha value is -2.60. The van der Waals surface area contributed by atoms with Gasteiger partial charge in [0.15, 0.2) is 5.13 Å². The number of rotatable bonds is 5. The summed E-state index contributed by atoms with van der Waals surface area (Å²) in [7, 11) is 0. The fraction of sp³-hybridized carbons (Fsp3) is 0.125. The molecular formula is C16H16N4OS. The van der Waals surface area contributed by atoms with Gasteiger partial charge in [-0.25, -0.2) is 9.78 Å². The Morgan fingerprint density at radius 2 is 1.77 bits per heavy atom. The second-order valence-electron chi connectivity index (χ2n) is 4.66. The van der Waals surface area contributed by atoms with Gasteiger partial charge in [-0.2, -0.15) is 0 Å². The van der Waals surface area contributed by atoms with Gasteiger partial charge >= 0.3 is 6.03 Å². The SMILES string of the molecule is O=C(NCCNc1nc2ccccc2s1)Nc1ccccc1. The van der Waals surface area contributed by atoms with E-state index >= 15 is 0 Å². The largest absolute Gasteiger partial charge is 0.360 e. The molecule has 1 heterocycles. The third-order valence-electron chi connectivity index (χ3n) is 3.01. The number of amides is 2. The summed E-state index contributed by atoms with van der Waals surface area (Å²) >= 11 is 1.61. The predicted molar refractivity (Wildman–Crippen MR) is 91.6 cm³/mol. The number of anilines is 2. The van der Waals surface area contributed by atoms with Gasteiger partial charge in [-0.15, -0.1) is 0 Å². The van der Waals surface area contributed by atoms with E-state index in [2.05, 4.69) is 20.9 Å². The molecule has 0 unspecified atom stereocenters. The lowest BCUT2D eigenvalue weighted by molar-refractivity contribution is 0.252. The molecule has 2 aromatic carbocycles. The first kappa shape index (κ1) is 14.3. The van der Waals surface area contributed by atoms with Crippen molar-refractivity contribution in [3.63, 3.8) is 0 Å². The highest BCUT2D eigenvalue weighted by Gasteiger charge is 2.03. The molecule has 22 heavy (non-hydrogen) atoms. The first-order chi connectivity index (χ1) is 10.8. The van der Waals surface area contributed by atoms with Crippen LogP contribution in [0.4, 0.5) is 15.6 Å². The second kappa shape index (κ2) is 6.91. The van der Waals surface area contributed by atoms with E-state index in [1.165, 1.54) is 0 Å². The standard InChI is InChI=1S/C16H16N4OS/c21-15(19-12-6-2-1-3-7-12)17-10-11-18-16-20-13-8-4-5-9-14(13)22-16/h1-9H,10-11H2,(H,18,20)(H2,17,19,21). The molecule has 0 saturated carbocycles. The van der Waals surface area contributed by atoms with Crippen LogP contribution >= 0.6 is 11.3 Å². The van der Waals surface area contributed by atoms with E-state index < -0.39 is 0 Å². The summed E-state index contributed by atoms with van der Waals surface area (Å²) in [6, 6.07) is 17.2. The average Bonchev–Trinajstić information content (AvgIpc) is 2.95. The fourth-order valence-corrected chi connectivity index (χ4v) is 2.88. The number of carbonyl (C=O) groups is 1. The van der Waals surface area contributed by atoms with Gasteiger partial charge in [-0.3, -0.25) is 0 Å². The van der Waals surface area contributed by atoms with Gasteiger partial charge in [-0.05, 0) is 24.3 Å². The first-order valence-electron chi connectivity index (χ1n) is 7.00. The summed E-state index contributed by atoms with van der Waals surface area (Å²) in [6.07, 6.45) is 0. The van der Waals surface area contributed by atoms with Crippen LogP contribution in [-0.4, -0.2) is 24.1 Å². The molecule has 0 aliphatic heterocycles. The van der Waals surface area contributed by atoms with Crippen LogP contribution in [0, 0.1) is 0 Å². The minimum absolute atomic E-state index is 0.211. The molecule has 0 radical (unpaired) electrons. The van der Waals surface area contributed by atoms with E-state index in [4.69, 9.17) is 0 Å². The van der Waals surface area contributed by atoms with Crippen LogP contribution in [-0.2, 0) is 0 Å². The molecule has 0 fully saturated rings. The lowest BCUT2D eigenvalue weighted by Gasteiger charge is -2.07. The topological polar surface area (TPSA) is 66.0 Å². The van der Waals surface area contributed by atoms with E-state index in [0.29, 0.717) is 13.1 Å². The Morgan fingerprint density at radius 1 is 1.00 bits per heavy atom. The van der Waals surface area contributed by atoms with Gasteiger partial charge < -0.3 is 16.0 Å². The second-order valence-corrected chi connectivity index (χ2v) is 5.69. The molecule has 0 aliphatic rings. The average molecular weight is 312 g/mol. The molecule has 3 aromatic rings. The number of nitrogens with zero attached hydrogens (tertiary/aromatic N) is 1. The van der Waals surface area contributed by atoms with Crippen molar-refractivity contribution in [2.45, 2.75) is 0 Å². The molecule has 0 saturated heterocycles. The van der Waals surface area contributed by atoms with Gasteiger partial charge in [0.2, 0.25) is 0 Å². The smallest absolute Gasteiger partial charge is 0.319 e. The molecule has 6 heteroatoms. The normalized spacial score (nSPS) is 10.4. The monoisotopic (exact) mass is 312 g/mol. The predicted octanol–water partition coefficient (Wildman–Crippen LogP) is 3.53. The van der Waals surface area contributed by atoms with Crippen LogP contribution in [0.5, 0.6) is 0 Å². The van der Waals surface area contributed by atoms with Crippen molar-refractivity contribution in [2.75, 3.05) is 23.7 Å². The van der Waals surface area contributed by atoms with Crippen LogP contribution in [0.1, 0.15) is 0 Å². The van der Waals surface area contributed by atoms with Crippen LogP contribution in [0.15, 0.2) is 54.6 Å². The number of thiazole rings is 1. The molecule has 2 amide bonds. The Kier molecular flexibility index (Phi) is 4.50. The summed E-state index contributed by atoms with van der Waals surface area (Å²) in [6.45, 7) is 1.15. The highest BCUT2D eigenvalue weighted by Crippen LogP contribution is 2.24. The lowest BCUT2D eigenvalue weighted by atomic mass is 10.3. The molecule has 1 aromatic heterocycles. The first-order valence-corrected chi connectivity index (χ1v) is 7.82. The van der Waals surface area contributed by atoms with Crippen LogP contribution in [0.25, 0.3) is 10.2 Å². The van der Waals surface area contributed by atoms with Crippen LogP contribution < -0.4 is 16.0 Å². The Bertz CT molecular complexity index is 724. The van der Waals surface area contributed by atoms with E-state index in [1.807, 2.05) is 54.6 Å². The number of para-hydroxylation sites is 2. The quantitative estimate of drug-likeness (QED) is 0.631. The van der Waals surface area contributed by atoms with Crippen molar-refractivity contribution in [2.24, 2.45) is 0 Å². The van der Waals surface area contributed by atoms with Crippen molar-refractivity contribution in [1.82, 2.24) is 10.3 Å². The fourth-order valence-electron chi connectivity index (χ4n) is 1.99. The third kappa shape index (κ3) is 3.73. The zero-order valence-corrected chi connectivity index (χ0v) is 12.7.